The first kappa shape index (κ1) is 21.4. The molecular weight excluding hydrogens is 398 g/mol. The number of carbonyl (C=O) groups excluding carboxylic acids is 1. The van der Waals surface area contributed by atoms with Crippen molar-refractivity contribution in [1.29, 1.82) is 0 Å². The molecule has 0 radical (unpaired) electrons. The van der Waals surface area contributed by atoms with E-state index < -0.39 is 0 Å². The molecule has 0 aromatic heterocycles. The van der Waals surface area contributed by atoms with Crippen molar-refractivity contribution in [3.8, 4) is 5.75 Å². The minimum Gasteiger partial charge on any atom is -0.489 e. The lowest BCUT2D eigenvalue weighted by Crippen LogP contribution is -2.06. The first-order chi connectivity index (χ1) is 15.6. The number of hydrogen-bond donors (Lipinski definition) is 1. The summed E-state index contributed by atoms with van der Waals surface area (Å²) in [4.78, 5) is 11.9. The summed E-state index contributed by atoms with van der Waals surface area (Å²) in [6.45, 7) is 5.36. The van der Waals surface area contributed by atoms with Crippen LogP contribution in [0.4, 0.5) is 5.69 Å². The van der Waals surface area contributed by atoms with Crippen LogP contribution in [0.25, 0.3) is 10.8 Å². The lowest BCUT2D eigenvalue weighted by atomic mass is 10.0. The Bertz CT molecular complexity index is 1200. The maximum Gasteiger partial charge on any atom is 0.338 e. The van der Waals surface area contributed by atoms with Crippen molar-refractivity contribution in [2.75, 3.05) is 11.9 Å². The Morgan fingerprint density at radius 3 is 2.38 bits per heavy atom. The van der Waals surface area contributed by atoms with Gasteiger partial charge in [0.05, 0.1) is 12.2 Å². The van der Waals surface area contributed by atoms with Crippen molar-refractivity contribution in [1.82, 2.24) is 0 Å². The summed E-state index contributed by atoms with van der Waals surface area (Å²) < 4.78 is 11.3. The molecule has 0 spiro atoms. The zero-order valence-corrected chi connectivity index (χ0v) is 18.4. The molecule has 0 atom stereocenters. The SMILES string of the molecule is CCOC(=O)c1ccc(NCc2c(OCc3ccc(C)cc3)ccc3ccccc23)cc1. The van der Waals surface area contributed by atoms with Crippen molar-refractivity contribution in [2.45, 2.75) is 27.0 Å². The van der Waals surface area contributed by atoms with Crippen molar-refractivity contribution in [2.24, 2.45) is 0 Å². The highest BCUT2D eigenvalue weighted by atomic mass is 16.5. The van der Waals surface area contributed by atoms with Crippen LogP contribution in [0.5, 0.6) is 5.75 Å². The smallest absolute Gasteiger partial charge is 0.338 e. The Labute approximate surface area is 188 Å². The molecule has 4 heteroatoms. The maximum atomic E-state index is 11.9. The van der Waals surface area contributed by atoms with Crippen molar-refractivity contribution in [3.63, 3.8) is 0 Å². The summed E-state index contributed by atoms with van der Waals surface area (Å²) >= 11 is 0. The number of anilines is 1. The summed E-state index contributed by atoms with van der Waals surface area (Å²) in [6, 6.07) is 28.2. The van der Waals surface area contributed by atoms with Gasteiger partial charge in [0, 0.05) is 17.8 Å². The van der Waals surface area contributed by atoms with Crippen LogP contribution in [-0.2, 0) is 17.9 Å². The van der Waals surface area contributed by atoms with Crippen LogP contribution < -0.4 is 10.1 Å². The molecule has 0 heterocycles. The number of rotatable bonds is 8. The van der Waals surface area contributed by atoms with E-state index in [1.165, 1.54) is 10.9 Å². The number of nitrogens with one attached hydrogen (secondary N) is 1. The highest BCUT2D eigenvalue weighted by Gasteiger charge is 2.10. The van der Waals surface area contributed by atoms with Gasteiger partial charge in [0.15, 0.2) is 0 Å². The molecule has 0 fully saturated rings. The van der Waals surface area contributed by atoms with E-state index in [0.717, 1.165) is 28.0 Å². The van der Waals surface area contributed by atoms with Gasteiger partial charge < -0.3 is 14.8 Å². The van der Waals surface area contributed by atoms with Gasteiger partial charge in [-0.15, -0.1) is 0 Å². The third-order valence-corrected chi connectivity index (χ3v) is 5.38. The van der Waals surface area contributed by atoms with E-state index in [1.54, 1.807) is 19.1 Å². The molecule has 1 N–H and O–H groups in total. The largest absolute Gasteiger partial charge is 0.489 e. The van der Waals surface area contributed by atoms with Crippen LogP contribution in [0.2, 0.25) is 0 Å². The molecule has 0 aliphatic carbocycles. The second-order valence-corrected chi connectivity index (χ2v) is 7.69. The van der Waals surface area contributed by atoms with Crippen LogP contribution in [0.3, 0.4) is 0 Å². The highest BCUT2D eigenvalue weighted by Crippen LogP contribution is 2.30. The number of aryl methyl sites for hydroxylation is 1. The molecule has 4 aromatic carbocycles. The summed E-state index contributed by atoms with van der Waals surface area (Å²) in [7, 11) is 0. The summed E-state index contributed by atoms with van der Waals surface area (Å²) in [5.74, 6) is 0.555. The number of hydrogen-bond acceptors (Lipinski definition) is 4. The topological polar surface area (TPSA) is 47.6 Å². The highest BCUT2D eigenvalue weighted by molar-refractivity contribution is 5.90. The number of ether oxygens (including phenoxy) is 2. The fraction of sp³-hybridized carbons (Fsp3) is 0.179. The fourth-order valence-corrected chi connectivity index (χ4v) is 3.61. The minimum absolute atomic E-state index is 0.306. The quantitative estimate of drug-likeness (QED) is 0.327. The zero-order chi connectivity index (χ0) is 22.3. The van der Waals surface area contributed by atoms with Gasteiger partial charge in [-0.3, -0.25) is 0 Å². The molecule has 0 saturated carbocycles. The predicted octanol–water partition coefficient (Wildman–Crippen LogP) is 6.52. The molecule has 4 rings (SSSR count). The van der Waals surface area contributed by atoms with Crippen LogP contribution in [0.15, 0.2) is 84.9 Å². The summed E-state index contributed by atoms with van der Waals surface area (Å²) in [5.41, 5.74) is 4.94. The molecule has 0 bridgehead atoms. The third kappa shape index (κ3) is 5.09. The minimum atomic E-state index is -0.306. The number of carbonyl (C=O) groups is 1. The molecule has 32 heavy (non-hydrogen) atoms. The second kappa shape index (κ2) is 10.0. The van der Waals surface area contributed by atoms with Gasteiger partial charge in [0.25, 0.3) is 0 Å². The van der Waals surface area contributed by atoms with Crippen molar-refractivity contribution >= 4 is 22.4 Å². The zero-order valence-electron chi connectivity index (χ0n) is 18.4. The fourth-order valence-electron chi connectivity index (χ4n) is 3.61. The third-order valence-electron chi connectivity index (χ3n) is 5.38. The van der Waals surface area contributed by atoms with Crippen LogP contribution >= 0.6 is 0 Å². The van der Waals surface area contributed by atoms with Gasteiger partial charge in [-0.05, 0) is 60.5 Å². The van der Waals surface area contributed by atoms with Gasteiger partial charge in [0.1, 0.15) is 12.4 Å². The lowest BCUT2D eigenvalue weighted by molar-refractivity contribution is 0.0526. The normalized spacial score (nSPS) is 10.7. The Morgan fingerprint density at radius 2 is 1.62 bits per heavy atom. The standard InChI is InChI=1S/C28H27NO3/c1-3-31-28(30)23-12-15-24(16-13-23)29-18-26-25-7-5-4-6-22(25)14-17-27(26)32-19-21-10-8-20(2)9-11-21/h4-17,29H,3,18-19H2,1-2H3. The molecule has 0 unspecified atom stereocenters. The summed E-state index contributed by atoms with van der Waals surface area (Å²) in [6.07, 6.45) is 0. The Morgan fingerprint density at radius 1 is 0.875 bits per heavy atom. The van der Waals surface area contributed by atoms with E-state index in [9.17, 15) is 4.79 Å². The second-order valence-electron chi connectivity index (χ2n) is 7.69. The van der Waals surface area contributed by atoms with Gasteiger partial charge in [0.2, 0.25) is 0 Å². The van der Waals surface area contributed by atoms with Crippen LogP contribution in [-0.4, -0.2) is 12.6 Å². The molecule has 162 valence electrons. The molecule has 0 aliphatic heterocycles. The molecular formula is C28H27NO3. The molecule has 0 amide bonds. The average molecular weight is 426 g/mol. The Hall–Kier alpha value is -3.79. The molecule has 4 aromatic rings. The van der Waals surface area contributed by atoms with Gasteiger partial charge >= 0.3 is 5.97 Å². The summed E-state index contributed by atoms with van der Waals surface area (Å²) in [5, 5.41) is 5.79. The molecule has 0 aliphatic rings. The van der Waals surface area contributed by atoms with E-state index >= 15 is 0 Å². The molecule has 4 nitrogen and oxygen atoms in total. The number of esters is 1. The monoisotopic (exact) mass is 425 g/mol. The van der Waals surface area contributed by atoms with E-state index in [4.69, 9.17) is 9.47 Å². The number of benzene rings is 4. The Kier molecular flexibility index (Phi) is 6.71. The van der Waals surface area contributed by atoms with E-state index in [-0.39, 0.29) is 5.97 Å². The van der Waals surface area contributed by atoms with Crippen molar-refractivity contribution in [3.05, 3.63) is 107 Å². The van der Waals surface area contributed by atoms with Gasteiger partial charge in [-0.2, -0.15) is 0 Å². The van der Waals surface area contributed by atoms with E-state index in [0.29, 0.717) is 25.3 Å². The first-order valence-electron chi connectivity index (χ1n) is 10.8. The lowest BCUT2D eigenvalue weighted by Gasteiger charge is -2.16. The first-order valence-corrected chi connectivity index (χ1v) is 10.8. The Balaban J connectivity index is 1.54. The van der Waals surface area contributed by atoms with Crippen LogP contribution in [0.1, 0.15) is 34.0 Å². The predicted molar refractivity (Wildman–Crippen MR) is 129 cm³/mol. The average Bonchev–Trinajstić information content (AvgIpc) is 2.83. The van der Waals surface area contributed by atoms with Crippen molar-refractivity contribution < 1.29 is 14.3 Å². The number of fused-ring (bicyclic) bond motifs is 1. The van der Waals surface area contributed by atoms with Gasteiger partial charge in [-0.25, -0.2) is 4.79 Å². The van der Waals surface area contributed by atoms with E-state index in [1.807, 2.05) is 30.3 Å². The van der Waals surface area contributed by atoms with Crippen LogP contribution in [0, 0.1) is 6.92 Å². The van der Waals surface area contributed by atoms with Gasteiger partial charge in [-0.1, -0.05) is 60.2 Å². The maximum absolute atomic E-state index is 11.9. The van der Waals surface area contributed by atoms with E-state index in [2.05, 4.69) is 54.7 Å². The molecule has 0 saturated heterocycles.